The standard InChI is InChI=1S/3C44H29NO/c2*1-3-9-30(10-4-1)31-15-17-32(18-16-31)33-21-24-37(25-22-33)45(36-11-5-2-6-12-36)38-26-28-39-35(29-38)20-19-34-23-27-41-40-13-7-8-14-42(40)46-44(41)43(34)39;1-3-9-30(10-4-1)32-17-22-36(23-18-32)45(37-24-19-33(20-25-37)31-11-5-2-6-12-31)38-26-28-39-35(29-38)16-15-34-21-27-41-40-13-7-8-14-42(40)46-44(41)43(34)39/h3*1-29H. The molecule has 27 aromatic rings. The van der Waals surface area contributed by atoms with Gasteiger partial charge in [0.25, 0.3) is 0 Å². The zero-order valence-electron chi connectivity index (χ0n) is 75.3. The molecule has 27 rings (SSSR count). The lowest BCUT2D eigenvalue weighted by molar-refractivity contribution is 0.672. The molecule has 0 saturated carbocycles. The molecular weight excluding hydrogens is 1680 g/mol. The van der Waals surface area contributed by atoms with Crippen LogP contribution in [0.5, 0.6) is 0 Å². The van der Waals surface area contributed by atoms with Crippen molar-refractivity contribution < 1.29 is 13.3 Å². The van der Waals surface area contributed by atoms with Gasteiger partial charge in [-0.05, 0) is 261 Å². The van der Waals surface area contributed by atoms with Crippen molar-refractivity contribution in [2.75, 3.05) is 14.7 Å². The van der Waals surface area contributed by atoms with E-state index in [1.165, 1.54) is 115 Å². The van der Waals surface area contributed by atoms with Crippen LogP contribution in [0.1, 0.15) is 0 Å². The third-order valence-electron chi connectivity index (χ3n) is 27.1. The normalized spacial score (nSPS) is 11.5. The third-order valence-corrected chi connectivity index (χ3v) is 27.1. The van der Waals surface area contributed by atoms with Crippen molar-refractivity contribution in [1.82, 2.24) is 0 Å². The zero-order valence-corrected chi connectivity index (χ0v) is 75.3. The Morgan fingerprint density at radius 2 is 0.290 bits per heavy atom. The smallest absolute Gasteiger partial charge is 0.143 e. The van der Waals surface area contributed by atoms with Crippen LogP contribution in [0.4, 0.5) is 51.2 Å². The van der Waals surface area contributed by atoms with Gasteiger partial charge in [-0.3, -0.25) is 0 Å². The Morgan fingerprint density at radius 3 is 0.536 bits per heavy atom. The first-order chi connectivity index (χ1) is 68.4. The van der Waals surface area contributed by atoms with Gasteiger partial charge in [0.15, 0.2) is 0 Å². The number of fused-ring (bicyclic) bond motifs is 21. The number of nitrogens with zero attached hydrogens (tertiary/aromatic N) is 3. The van der Waals surface area contributed by atoms with Gasteiger partial charge < -0.3 is 28.0 Å². The fourth-order valence-corrected chi connectivity index (χ4v) is 20.3. The molecule has 3 heterocycles. The van der Waals surface area contributed by atoms with E-state index in [9.17, 15) is 0 Å². The highest BCUT2D eigenvalue weighted by Crippen LogP contribution is 2.48. The van der Waals surface area contributed by atoms with E-state index in [-0.39, 0.29) is 0 Å². The van der Waals surface area contributed by atoms with E-state index >= 15 is 0 Å². The first-order valence-electron chi connectivity index (χ1n) is 47.0. The van der Waals surface area contributed by atoms with E-state index in [0.717, 1.165) is 133 Å². The molecule has 0 aliphatic heterocycles. The number of hydrogen-bond acceptors (Lipinski definition) is 6. The average molecular weight is 1760 g/mol. The van der Waals surface area contributed by atoms with Gasteiger partial charge in [-0.2, -0.15) is 0 Å². The lowest BCUT2D eigenvalue weighted by atomic mass is 9.98. The number of benzene rings is 24. The molecule has 3 aromatic heterocycles. The molecular formula is C132H87N3O3. The first-order valence-corrected chi connectivity index (χ1v) is 47.0. The maximum atomic E-state index is 6.48. The summed E-state index contributed by atoms with van der Waals surface area (Å²) in [6.45, 7) is 0. The molecule has 0 aliphatic carbocycles. The molecule has 6 nitrogen and oxygen atoms in total. The molecule has 0 unspecified atom stereocenters. The summed E-state index contributed by atoms with van der Waals surface area (Å²) in [5.74, 6) is 0. The van der Waals surface area contributed by atoms with E-state index in [2.05, 4.69) is 512 Å². The summed E-state index contributed by atoms with van der Waals surface area (Å²) in [7, 11) is 0. The first kappa shape index (κ1) is 81.6. The largest absolute Gasteiger partial charge is 0.455 e. The van der Waals surface area contributed by atoms with E-state index in [1.54, 1.807) is 0 Å². The van der Waals surface area contributed by atoms with Crippen molar-refractivity contribution in [1.29, 1.82) is 0 Å². The Hall–Kier alpha value is -18.4. The van der Waals surface area contributed by atoms with Crippen LogP contribution in [0.15, 0.2) is 541 Å². The molecule has 0 amide bonds. The molecule has 0 spiro atoms. The minimum Gasteiger partial charge on any atom is -0.455 e. The van der Waals surface area contributed by atoms with Crippen LogP contribution in [-0.2, 0) is 0 Å². The Bertz CT molecular complexity index is 8750. The van der Waals surface area contributed by atoms with Gasteiger partial charge >= 0.3 is 0 Å². The lowest BCUT2D eigenvalue weighted by Crippen LogP contribution is -2.09. The predicted octanol–water partition coefficient (Wildman–Crippen LogP) is 38.1. The van der Waals surface area contributed by atoms with Crippen LogP contribution in [-0.4, -0.2) is 0 Å². The van der Waals surface area contributed by atoms with Gasteiger partial charge in [0.1, 0.15) is 33.5 Å². The topological polar surface area (TPSA) is 49.1 Å². The second kappa shape index (κ2) is 35.3. The van der Waals surface area contributed by atoms with E-state index < -0.39 is 0 Å². The van der Waals surface area contributed by atoms with Gasteiger partial charge in [-0.15, -0.1) is 0 Å². The van der Waals surface area contributed by atoms with Crippen LogP contribution in [0, 0.1) is 0 Å². The van der Waals surface area contributed by atoms with Gasteiger partial charge in [-0.25, -0.2) is 0 Å². The molecule has 0 fully saturated rings. The summed E-state index contributed by atoms with van der Waals surface area (Å²) in [4.78, 5) is 7.00. The molecule has 0 N–H and O–H groups in total. The highest BCUT2D eigenvalue weighted by molar-refractivity contribution is 6.26. The molecule has 648 valence electrons. The quantitative estimate of drug-likeness (QED) is 0.0954. The Balaban J connectivity index is 0.000000110. The number of rotatable bonds is 15. The molecule has 0 saturated heterocycles. The summed E-state index contributed by atoms with van der Waals surface area (Å²) < 4.78 is 19.4. The van der Waals surface area contributed by atoms with E-state index in [1.807, 2.05) is 30.3 Å². The SMILES string of the molecule is c1ccc(-c2ccc(-c3ccc(N(c4ccccc4)c4ccc5c(ccc6ccc7c8ccccc8oc7c65)c4)cc3)cc2)cc1.c1ccc(-c2ccc(-c3ccc(N(c4ccccc4)c4ccc5c(ccc6ccc7c8ccccc8oc7c65)c4)cc3)cc2)cc1.c1ccc(-c2ccc(N(c3ccc(-c4ccccc4)cc3)c3ccc4c(ccc5ccc6c7ccccc7oc6c54)c3)cc2)cc1. The predicted molar refractivity (Wildman–Crippen MR) is 583 cm³/mol. The van der Waals surface area contributed by atoms with Gasteiger partial charge in [0, 0.05) is 99.7 Å². The Morgan fingerprint density at radius 1 is 0.116 bits per heavy atom. The number of anilines is 9. The fourth-order valence-electron chi connectivity index (χ4n) is 20.3. The average Bonchev–Trinajstić information content (AvgIpc) is 1.57. The van der Waals surface area contributed by atoms with Crippen LogP contribution in [0.2, 0.25) is 0 Å². The van der Waals surface area contributed by atoms with Crippen molar-refractivity contribution in [2.45, 2.75) is 0 Å². The number of furan rings is 3. The van der Waals surface area contributed by atoms with Crippen molar-refractivity contribution >= 4 is 182 Å². The summed E-state index contributed by atoms with van der Waals surface area (Å²) in [5, 5.41) is 21.0. The molecule has 24 aromatic carbocycles. The highest BCUT2D eigenvalue weighted by atomic mass is 16.3. The maximum Gasteiger partial charge on any atom is 0.143 e. The molecule has 138 heavy (non-hydrogen) atoms. The van der Waals surface area contributed by atoms with E-state index in [4.69, 9.17) is 13.3 Å². The van der Waals surface area contributed by atoms with Crippen LogP contribution in [0.3, 0.4) is 0 Å². The van der Waals surface area contributed by atoms with Crippen molar-refractivity contribution in [3.05, 3.63) is 528 Å². The monoisotopic (exact) mass is 1760 g/mol. The lowest BCUT2D eigenvalue weighted by Gasteiger charge is -2.26. The van der Waals surface area contributed by atoms with Crippen LogP contribution < -0.4 is 14.7 Å². The summed E-state index contributed by atoms with van der Waals surface area (Å²) >= 11 is 0. The highest BCUT2D eigenvalue weighted by Gasteiger charge is 2.23. The molecule has 0 radical (unpaired) electrons. The summed E-state index contributed by atoms with van der Waals surface area (Å²) in [5.41, 5.74) is 30.1. The minimum atomic E-state index is 0.919. The van der Waals surface area contributed by atoms with Gasteiger partial charge in [0.2, 0.25) is 0 Å². The third kappa shape index (κ3) is 15.3. The minimum absolute atomic E-state index is 0.919. The Kier molecular flexibility index (Phi) is 20.9. The molecule has 0 bridgehead atoms. The van der Waals surface area contributed by atoms with Crippen molar-refractivity contribution in [3.8, 4) is 66.8 Å². The second-order valence-electron chi connectivity index (χ2n) is 35.3. The molecule has 0 aliphatic rings. The van der Waals surface area contributed by atoms with Gasteiger partial charge in [0.05, 0.1) is 0 Å². The zero-order chi connectivity index (χ0) is 91.4. The van der Waals surface area contributed by atoms with Crippen LogP contribution in [0.25, 0.3) is 197 Å². The number of para-hydroxylation sites is 5. The second-order valence-corrected chi connectivity index (χ2v) is 35.3. The van der Waals surface area contributed by atoms with Crippen molar-refractivity contribution in [3.63, 3.8) is 0 Å². The maximum absolute atomic E-state index is 6.48. The van der Waals surface area contributed by atoms with Crippen molar-refractivity contribution in [2.24, 2.45) is 0 Å². The van der Waals surface area contributed by atoms with Gasteiger partial charge in [-0.1, -0.05) is 382 Å². The fraction of sp³-hybridized carbons (Fsp3) is 0. The summed E-state index contributed by atoms with van der Waals surface area (Å²) in [6, 6.07) is 188. The Labute approximate surface area is 798 Å². The molecule has 6 heteroatoms. The molecule has 0 atom stereocenters. The van der Waals surface area contributed by atoms with E-state index in [0.29, 0.717) is 0 Å². The summed E-state index contributed by atoms with van der Waals surface area (Å²) in [6.07, 6.45) is 0. The number of hydrogen-bond donors (Lipinski definition) is 0. The van der Waals surface area contributed by atoms with Crippen LogP contribution >= 0.6 is 0 Å².